The summed E-state index contributed by atoms with van der Waals surface area (Å²) in [5, 5.41) is 7.11. The molecule has 0 unspecified atom stereocenters. The smallest absolute Gasteiger partial charge is 0.203 e. The van der Waals surface area contributed by atoms with E-state index in [2.05, 4.69) is 58.8 Å². The molecule has 0 atom stereocenters. The molecule has 0 fully saturated rings. The summed E-state index contributed by atoms with van der Waals surface area (Å²) in [7, 11) is 0. The molecule has 3 rings (SSSR count). The first-order chi connectivity index (χ1) is 13.8. The van der Waals surface area contributed by atoms with Crippen molar-refractivity contribution in [1.29, 1.82) is 0 Å². The van der Waals surface area contributed by atoms with Gasteiger partial charge in [0.15, 0.2) is 0 Å². The average Bonchev–Trinajstić information content (AvgIpc) is 3.21. The molecular weight excluding hydrogens is 366 g/mol. The number of hydrazone groups is 1. The minimum Gasteiger partial charge on any atom is -0.377 e. The van der Waals surface area contributed by atoms with Crippen LogP contribution in [0.2, 0.25) is 0 Å². The number of nitrogens with zero attached hydrogens (tertiary/aromatic N) is 2. The second kappa shape index (κ2) is 11.4. The summed E-state index contributed by atoms with van der Waals surface area (Å²) in [4.78, 5) is 4.56. The van der Waals surface area contributed by atoms with Gasteiger partial charge in [-0.1, -0.05) is 80.8 Å². The molecule has 28 heavy (non-hydrogen) atoms. The number of anilines is 1. The minimum atomic E-state index is 0.670. The molecule has 1 heterocycles. The Bertz CT molecular complexity index is 844. The van der Waals surface area contributed by atoms with Gasteiger partial charge >= 0.3 is 0 Å². The Morgan fingerprint density at radius 2 is 1.86 bits per heavy atom. The van der Waals surface area contributed by atoms with Crippen molar-refractivity contribution in [2.45, 2.75) is 39.2 Å². The molecule has 0 saturated heterocycles. The molecule has 4 nitrogen and oxygen atoms in total. The van der Waals surface area contributed by atoms with Gasteiger partial charge in [0.05, 0.1) is 18.5 Å². The Morgan fingerprint density at radius 3 is 2.64 bits per heavy atom. The van der Waals surface area contributed by atoms with Gasteiger partial charge in [-0.3, -0.25) is 5.43 Å². The van der Waals surface area contributed by atoms with Crippen LogP contribution in [0.5, 0.6) is 0 Å². The van der Waals surface area contributed by atoms with E-state index < -0.39 is 0 Å². The second-order valence-electron chi connectivity index (χ2n) is 6.63. The Kier molecular flexibility index (Phi) is 8.22. The SMILES string of the molecule is CCCCCCOCc1ccc(C=NNc2nc(-c3ccccc3)cs2)cc1. The second-order valence-corrected chi connectivity index (χ2v) is 7.49. The van der Waals surface area contributed by atoms with E-state index in [4.69, 9.17) is 4.74 Å². The first-order valence-corrected chi connectivity index (χ1v) is 10.7. The number of benzene rings is 2. The third kappa shape index (κ3) is 6.59. The van der Waals surface area contributed by atoms with Gasteiger partial charge in [0.25, 0.3) is 0 Å². The van der Waals surface area contributed by atoms with Crippen molar-refractivity contribution in [3.63, 3.8) is 0 Å². The van der Waals surface area contributed by atoms with Crippen molar-refractivity contribution >= 4 is 22.7 Å². The zero-order valence-corrected chi connectivity index (χ0v) is 17.1. The lowest BCUT2D eigenvalue weighted by atomic mass is 10.1. The highest BCUT2D eigenvalue weighted by Gasteiger charge is 2.02. The molecule has 0 aliphatic heterocycles. The Labute approximate surface area is 171 Å². The van der Waals surface area contributed by atoms with Crippen LogP contribution in [0.25, 0.3) is 11.3 Å². The summed E-state index contributed by atoms with van der Waals surface area (Å²) in [5.41, 5.74) is 7.31. The third-order valence-electron chi connectivity index (χ3n) is 4.34. The number of rotatable bonds is 11. The number of unbranched alkanes of at least 4 members (excludes halogenated alkanes) is 3. The van der Waals surface area contributed by atoms with Gasteiger partial charge in [-0.05, 0) is 17.5 Å². The monoisotopic (exact) mass is 393 g/mol. The molecule has 1 aromatic heterocycles. The van der Waals surface area contributed by atoms with Gasteiger partial charge < -0.3 is 4.74 Å². The topological polar surface area (TPSA) is 46.5 Å². The van der Waals surface area contributed by atoms with E-state index in [-0.39, 0.29) is 0 Å². The maximum Gasteiger partial charge on any atom is 0.203 e. The molecule has 2 aromatic carbocycles. The molecule has 1 N–H and O–H groups in total. The summed E-state index contributed by atoms with van der Waals surface area (Å²) in [6.45, 7) is 3.73. The quantitative estimate of drug-likeness (QED) is 0.234. The minimum absolute atomic E-state index is 0.670. The predicted octanol–water partition coefficient (Wildman–Crippen LogP) is 6.35. The number of hydrogen-bond acceptors (Lipinski definition) is 5. The average molecular weight is 394 g/mol. The predicted molar refractivity (Wildman–Crippen MR) is 119 cm³/mol. The molecular formula is C23H27N3OS. The highest BCUT2D eigenvalue weighted by atomic mass is 32.1. The van der Waals surface area contributed by atoms with E-state index in [9.17, 15) is 0 Å². The first-order valence-electron chi connectivity index (χ1n) is 9.82. The van der Waals surface area contributed by atoms with E-state index >= 15 is 0 Å². The van der Waals surface area contributed by atoms with Crippen LogP contribution in [0.4, 0.5) is 5.13 Å². The molecule has 0 radical (unpaired) electrons. The zero-order chi connectivity index (χ0) is 19.4. The number of ether oxygens (including phenoxy) is 1. The fraction of sp³-hybridized carbons (Fsp3) is 0.304. The lowest BCUT2D eigenvalue weighted by Gasteiger charge is -2.04. The van der Waals surface area contributed by atoms with Crippen LogP contribution in [0.15, 0.2) is 65.1 Å². The number of hydrogen-bond donors (Lipinski definition) is 1. The van der Waals surface area contributed by atoms with Gasteiger partial charge in [0.2, 0.25) is 5.13 Å². The van der Waals surface area contributed by atoms with Crippen LogP contribution in [-0.4, -0.2) is 17.8 Å². The lowest BCUT2D eigenvalue weighted by Crippen LogP contribution is -1.96. The largest absolute Gasteiger partial charge is 0.377 e. The Balaban J connectivity index is 1.43. The molecule has 0 aliphatic rings. The van der Waals surface area contributed by atoms with Gasteiger partial charge in [-0.25, -0.2) is 4.98 Å². The van der Waals surface area contributed by atoms with Gasteiger partial charge in [-0.15, -0.1) is 11.3 Å². The Hall–Kier alpha value is -2.50. The Morgan fingerprint density at radius 1 is 1.04 bits per heavy atom. The van der Waals surface area contributed by atoms with Gasteiger partial charge in [0.1, 0.15) is 0 Å². The van der Waals surface area contributed by atoms with Crippen molar-refractivity contribution in [2.24, 2.45) is 5.10 Å². The molecule has 146 valence electrons. The van der Waals surface area contributed by atoms with E-state index in [1.165, 1.54) is 24.8 Å². The van der Waals surface area contributed by atoms with Crippen LogP contribution in [-0.2, 0) is 11.3 Å². The molecule has 3 aromatic rings. The van der Waals surface area contributed by atoms with Crippen molar-refractivity contribution in [3.05, 3.63) is 71.1 Å². The summed E-state index contributed by atoms with van der Waals surface area (Å²) in [6.07, 6.45) is 6.76. The maximum absolute atomic E-state index is 5.73. The number of aromatic nitrogens is 1. The zero-order valence-electron chi connectivity index (χ0n) is 16.3. The number of nitrogens with one attached hydrogen (secondary N) is 1. The van der Waals surface area contributed by atoms with E-state index in [0.717, 1.165) is 35.0 Å². The third-order valence-corrected chi connectivity index (χ3v) is 5.09. The van der Waals surface area contributed by atoms with Crippen LogP contribution >= 0.6 is 11.3 Å². The maximum atomic E-state index is 5.73. The van der Waals surface area contributed by atoms with Crippen LogP contribution in [0.3, 0.4) is 0 Å². The van der Waals surface area contributed by atoms with Crippen LogP contribution in [0.1, 0.15) is 43.7 Å². The first kappa shape index (κ1) is 20.2. The lowest BCUT2D eigenvalue weighted by molar-refractivity contribution is 0.117. The van der Waals surface area contributed by atoms with Crippen molar-refractivity contribution in [3.8, 4) is 11.3 Å². The molecule has 0 saturated carbocycles. The summed E-state index contributed by atoms with van der Waals surface area (Å²) in [5.74, 6) is 0. The molecule has 0 aliphatic carbocycles. The fourth-order valence-electron chi connectivity index (χ4n) is 2.75. The van der Waals surface area contributed by atoms with Crippen LogP contribution in [0, 0.1) is 0 Å². The summed E-state index contributed by atoms with van der Waals surface area (Å²) < 4.78 is 5.73. The molecule has 5 heteroatoms. The van der Waals surface area contributed by atoms with E-state index in [1.807, 2.05) is 23.6 Å². The van der Waals surface area contributed by atoms with E-state index in [1.54, 1.807) is 17.6 Å². The van der Waals surface area contributed by atoms with Gasteiger partial charge in [-0.2, -0.15) is 5.10 Å². The number of thiazole rings is 1. The molecule has 0 spiro atoms. The van der Waals surface area contributed by atoms with Crippen LogP contribution < -0.4 is 5.43 Å². The van der Waals surface area contributed by atoms with Crippen molar-refractivity contribution in [1.82, 2.24) is 4.98 Å². The normalized spacial score (nSPS) is 11.2. The molecule has 0 amide bonds. The standard InChI is InChI=1S/C23H27N3OS/c1-2-3-4-8-15-27-17-20-13-11-19(12-14-20)16-24-26-23-25-22(18-28-23)21-9-6-5-7-10-21/h5-7,9-14,16,18H,2-4,8,15,17H2,1H3,(H,25,26). The summed E-state index contributed by atoms with van der Waals surface area (Å²) in [6, 6.07) is 18.4. The fourth-order valence-corrected chi connectivity index (χ4v) is 3.42. The van der Waals surface area contributed by atoms with Gasteiger partial charge in [0, 0.05) is 17.6 Å². The summed E-state index contributed by atoms with van der Waals surface area (Å²) >= 11 is 1.55. The highest BCUT2D eigenvalue weighted by Crippen LogP contribution is 2.24. The molecule has 0 bridgehead atoms. The van der Waals surface area contributed by atoms with E-state index in [0.29, 0.717) is 6.61 Å². The van der Waals surface area contributed by atoms with Crippen molar-refractivity contribution in [2.75, 3.05) is 12.0 Å². The van der Waals surface area contributed by atoms with Crippen molar-refractivity contribution < 1.29 is 4.74 Å². The highest BCUT2D eigenvalue weighted by molar-refractivity contribution is 7.14.